The van der Waals surface area contributed by atoms with Crippen molar-refractivity contribution in [2.24, 2.45) is 4.99 Å². The zero-order valence-electron chi connectivity index (χ0n) is 14.9. The maximum Gasteiger partial charge on any atom is 0.190 e. The summed E-state index contributed by atoms with van der Waals surface area (Å²) in [7, 11) is 1.81. The van der Waals surface area contributed by atoms with Gasteiger partial charge in [-0.15, -0.1) is 0 Å². The van der Waals surface area contributed by atoms with Crippen molar-refractivity contribution in [3.63, 3.8) is 0 Å². The molecule has 0 saturated carbocycles. The second-order valence-corrected chi connectivity index (χ2v) is 6.17. The molecule has 0 spiro atoms. The summed E-state index contributed by atoms with van der Waals surface area (Å²) in [4.78, 5) is 6.82. The fraction of sp³-hybridized carbons (Fsp3) is 0.722. The highest BCUT2D eigenvalue weighted by atomic mass is 16.5. The molecule has 2 N–H and O–H groups in total. The summed E-state index contributed by atoms with van der Waals surface area (Å²) in [5.74, 6) is 1.75. The number of nitrogens with one attached hydrogen (secondary N) is 2. The van der Waals surface area contributed by atoms with E-state index >= 15 is 0 Å². The van der Waals surface area contributed by atoms with Gasteiger partial charge >= 0.3 is 0 Å². The van der Waals surface area contributed by atoms with Crippen LogP contribution in [0.2, 0.25) is 0 Å². The van der Waals surface area contributed by atoms with Gasteiger partial charge in [-0.1, -0.05) is 0 Å². The van der Waals surface area contributed by atoms with Crippen LogP contribution < -0.4 is 10.6 Å². The predicted molar refractivity (Wildman–Crippen MR) is 97.3 cm³/mol. The zero-order chi connectivity index (χ0) is 16.9. The van der Waals surface area contributed by atoms with Crippen LogP contribution in [0.3, 0.4) is 0 Å². The minimum atomic E-state index is 0.539. The highest BCUT2D eigenvalue weighted by molar-refractivity contribution is 5.79. The summed E-state index contributed by atoms with van der Waals surface area (Å²) in [6, 6.07) is 3.80. The molecular formula is C18H32N4O2. The second kappa shape index (κ2) is 11.9. The zero-order valence-corrected chi connectivity index (χ0v) is 14.9. The van der Waals surface area contributed by atoms with Crippen molar-refractivity contribution < 1.29 is 9.15 Å². The van der Waals surface area contributed by atoms with Crippen molar-refractivity contribution in [3.05, 3.63) is 24.2 Å². The van der Waals surface area contributed by atoms with E-state index in [4.69, 9.17) is 9.15 Å². The van der Waals surface area contributed by atoms with Gasteiger partial charge in [0, 0.05) is 26.7 Å². The smallest absolute Gasteiger partial charge is 0.190 e. The van der Waals surface area contributed by atoms with E-state index in [2.05, 4.69) is 20.5 Å². The molecule has 1 fully saturated rings. The molecule has 0 amide bonds. The Bertz CT molecular complexity index is 442. The third-order valence-electron chi connectivity index (χ3n) is 4.20. The average molecular weight is 336 g/mol. The topological polar surface area (TPSA) is 62.0 Å². The van der Waals surface area contributed by atoms with Gasteiger partial charge in [0.1, 0.15) is 12.4 Å². The Kier molecular flexibility index (Phi) is 9.34. The first kappa shape index (κ1) is 18.8. The summed E-state index contributed by atoms with van der Waals surface area (Å²) in [5.41, 5.74) is 0. The van der Waals surface area contributed by atoms with Crippen LogP contribution in [0.5, 0.6) is 0 Å². The Morgan fingerprint density at radius 2 is 2.00 bits per heavy atom. The van der Waals surface area contributed by atoms with Gasteiger partial charge in [0.15, 0.2) is 5.96 Å². The molecule has 0 aromatic carbocycles. The first-order chi connectivity index (χ1) is 11.9. The minimum absolute atomic E-state index is 0.539. The highest BCUT2D eigenvalue weighted by Crippen LogP contribution is 2.07. The Morgan fingerprint density at radius 1 is 1.21 bits per heavy atom. The van der Waals surface area contributed by atoms with E-state index in [9.17, 15) is 0 Å². The molecule has 0 radical (unpaired) electrons. The molecule has 6 heteroatoms. The van der Waals surface area contributed by atoms with Gasteiger partial charge in [-0.3, -0.25) is 4.99 Å². The second-order valence-electron chi connectivity index (χ2n) is 6.17. The molecule has 0 atom stereocenters. The standard InChI is InChI=1S/C18H32N4O2/c1-19-18(20-9-2-3-11-22-12-4-5-13-22)21-10-7-14-23-16-17-8-6-15-24-17/h6,8,15H,2-5,7,9-14,16H2,1H3,(H2,19,20,21). The van der Waals surface area contributed by atoms with E-state index in [1.165, 1.54) is 45.3 Å². The van der Waals surface area contributed by atoms with Gasteiger partial charge < -0.3 is 24.7 Å². The lowest BCUT2D eigenvalue weighted by atomic mass is 10.3. The molecule has 24 heavy (non-hydrogen) atoms. The Labute approximate surface area is 145 Å². The molecule has 0 aliphatic carbocycles. The van der Waals surface area contributed by atoms with Crippen LogP contribution in [-0.4, -0.2) is 57.2 Å². The van der Waals surface area contributed by atoms with Crippen LogP contribution in [0, 0.1) is 0 Å². The number of aliphatic imine (C=N–C) groups is 1. The van der Waals surface area contributed by atoms with Gasteiger partial charge in [0.2, 0.25) is 0 Å². The molecule has 0 bridgehead atoms. The SMILES string of the molecule is CN=C(NCCCCN1CCCC1)NCCCOCc1ccco1. The van der Waals surface area contributed by atoms with Crippen LogP contribution in [0.1, 0.15) is 37.9 Å². The third kappa shape index (κ3) is 7.84. The van der Waals surface area contributed by atoms with Crippen molar-refractivity contribution in [1.29, 1.82) is 0 Å². The number of unbranched alkanes of at least 4 members (excludes halogenated alkanes) is 1. The lowest BCUT2D eigenvalue weighted by Gasteiger charge is -2.15. The van der Waals surface area contributed by atoms with Crippen LogP contribution in [0.4, 0.5) is 0 Å². The summed E-state index contributed by atoms with van der Waals surface area (Å²) in [6.07, 6.45) is 7.80. The monoisotopic (exact) mass is 336 g/mol. The van der Waals surface area contributed by atoms with Crippen molar-refractivity contribution in [2.45, 2.75) is 38.7 Å². The predicted octanol–water partition coefficient (Wildman–Crippen LogP) is 2.23. The average Bonchev–Trinajstić information content (AvgIpc) is 3.29. The molecule has 1 aliphatic rings. The van der Waals surface area contributed by atoms with Crippen LogP contribution in [-0.2, 0) is 11.3 Å². The quantitative estimate of drug-likeness (QED) is 0.369. The van der Waals surface area contributed by atoms with E-state index in [1.807, 2.05) is 19.2 Å². The fourth-order valence-corrected chi connectivity index (χ4v) is 2.84. The van der Waals surface area contributed by atoms with Gasteiger partial charge in [0.25, 0.3) is 0 Å². The number of likely N-dealkylation sites (tertiary alicyclic amines) is 1. The summed E-state index contributed by atoms with van der Waals surface area (Å²) in [5, 5.41) is 6.69. The Balaban J connectivity index is 1.40. The molecular weight excluding hydrogens is 304 g/mol. The Hall–Kier alpha value is -1.53. The van der Waals surface area contributed by atoms with E-state index in [0.29, 0.717) is 13.2 Å². The normalized spacial score (nSPS) is 15.8. The minimum Gasteiger partial charge on any atom is -0.467 e. The molecule has 1 aromatic heterocycles. The molecule has 6 nitrogen and oxygen atoms in total. The highest BCUT2D eigenvalue weighted by Gasteiger charge is 2.09. The Morgan fingerprint density at radius 3 is 2.71 bits per heavy atom. The lowest BCUT2D eigenvalue weighted by molar-refractivity contribution is 0.105. The van der Waals surface area contributed by atoms with E-state index in [0.717, 1.165) is 31.2 Å². The van der Waals surface area contributed by atoms with Gasteiger partial charge in [-0.05, 0) is 63.9 Å². The molecule has 1 saturated heterocycles. The van der Waals surface area contributed by atoms with Crippen molar-refractivity contribution >= 4 is 5.96 Å². The molecule has 0 unspecified atom stereocenters. The molecule has 1 aliphatic heterocycles. The summed E-state index contributed by atoms with van der Waals surface area (Å²) >= 11 is 0. The summed E-state index contributed by atoms with van der Waals surface area (Å²) < 4.78 is 10.8. The van der Waals surface area contributed by atoms with E-state index < -0.39 is 0 Å². The van der Waals surface area contributed by atoms with Gasteiger partial charge in [-0.25, -0.2) is 0 Å². The van der Waals surface area contributed by atoms with E-state index in [-0.39, 0.29) is 0 Å². The number of hydrogen-bond donors (Lipinski definition) is 2. The number of ether oxygens (including phenoxy) is 1. The van der Waals surface area contributed by atoms with Crippen molar-refractivity contribution in [2.75, 3.05) is 46.4 Å². The fourth-order valence-electron chi connectivity index (χ4n) is 2.84. The van der Waals surface area contributed by atoms with E-state index in [1.54, 1.807) is 6.26 Å². The largest absolute Gasteiger partial charge is 0.467 e. The lowest BCUT2D eigenvalue weighted by Crippen LogP contribution is -2.38. The number of furan rings is 1. The molecule has 1 aromatic rings. The summed E-state index contributed by atoms with van der Waals surface area (Å²) in [6.45, 7) is 6.89. The van der Waals surface area contributed by atoms with Crippen LogP contribution >= 0.6 is 0 Å². The van der Waals surface area contributed by atoms with Crippen LogP contribution in [0.25, 0.3) is 0 Å². The molecule has 136 valence electrons. The molecule has 2 rings (SSSR count). The number of guanidine groups is 1. The van der Waals surface area contributed by atoms with Crippen molar-refractivity contribution in [1.82, 2.24) is 15.5 Å². The van der Waals surface area contributed by atoms with Gasteiger partial charge in [0.05, 0.1) is 6.26 Å². The van der Waals surface area contributed by atoms with Gasteiger partial charge in [-0.2, -0.15) is 0 Å². The number of rotatable bonds is 11. The molecule has 2 heterocycles. The maximum atomic E-state index is 5.56. The number of nitrogens with zero attached hydrogens (tertiary/aromatic N) is 2. The first-order valence-corrected chi connectivity index (χ1v) is 9.15. The van der Waals surface area contributed by atoms with Crippen molar-refractivity contribution in [3.8, 4) is 0 Å². The van der Waals surface area contributed by atoms with Crippen LogP contribution in [0.15, 0.2) is 27.8 Å². The number of hydrogen-bond acceptors (Lipinski definition) is 4. The first-order valence-electron chi connectivity index (χ1n) is 9.15. The third-order valence-corrected chi connectivity index (χ3v) is 4.20. The maximum absolute atomic E-state index is 5.56.